The lowest BCUT2D eigenvalue weighted by atomic mass is 9.96. The fraction of sp³-hybridized carbons (Fsp3) is 0.633. The molecule has 2 fully saturated rings. The lowest BCUT2D eigenvalue weighted by molar-refractivity contribution is -0.148. The summed E-state index contributed by atoms with van der Waals surface area (Å²) in [6.07, 6.45) is 10.7. The molecule has 2 aliphatic heterocycles. The highest BCUT2D eigenvalue weighted by atomic mass is 32.2. The summed E-state index contributed by atoms with van der Waals surface area (Å²) in [5, 5.41) is 9.90. The number of unbranched alkanes of at least 4 members (excludes halogenated alkanes) is 5. The number of carbonyl (C=O) groups is 2. The molecular formula is C30H42N4O4S2. The molecule has 8 nitrogen and oxygen atoms in total. The fourth-order valence-corrected chi connectivity index (χ4v) is 6.70. The zero-order chi connectivity index (χ0) is 29.2. The van der Waals surface area contributed by atoms with Crippen molar-refractivity contribution in [3.8, 4) is 6.07 Å². The quantitative estimate of drug-likeness (QED) is 0.124. The first-order valence-electron chi connectivity index (χ1n) is 14.6. The molecule has 2 aliphatic rings. The van der Waals surface area contributed by atoms with Crippen molar-refractivity contribution in [2.24, 2.45) is 5.92 Å². The van der Waals surface area contributed by atoms with Crippen LogP contribution in [0, 0.1) is 24.2 Å². The van der Waals surface area contributed by atoms with Gasteiger partial charge in [-0.25, -0.2) is 0 Å². The molecule has 1 atom stereocenters. The van der Waals surface area contributed by atoms with E-state index >= 15 is 0 Å². The number of nitrogens with zero attached hydrogens (tertiary/aromatic N) is 4. The van der Waals surface area contributed by atoms with Gasteiger partial charge in [-0.1, -0.05) is 69.9 Å². The molecule has 218 valence electrons. The van der Waals surface area contributed by atoms with E-state index in [0.717, 1.165) is 32.1 Å². The third-order valence-corrected chi connectivity index (χ3v) is 8.90. The number of aromatic nitrogens is 1. The third kappa shape index (κ3) is 7.35. The minimum Gasteiger partial charge on any atom is -0.466 e. The number of hydrogen-bond donors (Lipinski definition) is 0. The molecule has 0 N–H and O–H groups in total. The topological polar surface area (TPSA) is 95.6 Å². The van der Waals surface area contributed by atoms with Gasteiger partial charge in [0.15, 0.2) is 0 Å². The number of anilines is 1. The van der Waals surface area contributed by atoms with Gasteiger partial charge in [0.05, 0.1) is 17.4 Å². The van der Waals surface area contributed by atoms with Crippen LogP contribution in [0.15, 0.2) is 9.70 Å². The highest BCUT2D eigenvalue weighted by Gasteiger charge is 2.34. The van der Waals surface area contributed by atoms with Crippen LogP contribution in [0.1, 0.15) is 95.2 Å². The summed E-state index contributed by atoms with van der Waals surface area (Å²) in [6.45, 7) is 10.1. The van der Waals surface area contributed by atoms with Crippen LogP contribution in [0.3, 0.4) is 0 Å². The SMILES string of the molecule is CCCCCCCCN1C(=O)C(=Cc2c(C)c(C#N)c(=O)n(CCC)c2N2CCCC(C(=O)OCC)C2)SC1=S. The second kappa shape index (κ2) is 15.4. The Bertz CT molecular complexity index is 1230. The molecule has 1 aromatic heterocycles. The van der Waals surface area contributed by atoms with Gasteiger partial charge in [0.25, 0.3) is 11.5 Å². The smallest absolute Gasteiger partial charge is 0.310 e. The second-order valence-corrected chi connectivity index (χ2v) is 12.1. The van der Waals surface area contributed by atoms with Crippen LogP contribution < -0.4 is 10.5 Å². The summed E-state index contributed by atoms with van der Waals surface area (Å²) in [7, 11) is 0. The zero-order valence-corrected chi connectivity index (χ0v) is 25.9. The molecule has 0 radical (unpaired) electrons. The fourth-order valence-electron chi connectivity index (χ4n) is 5.41. The monoisotopic (exact) mass is 586 g/mol. The van der Waals surface area contributed by atoms with E-state index in [9.17, 15) is 19.6 Å². The summed E-state index contributed by atoms with van der Waals surface area (Å²) < 4.78 is 7.48. The number of amides is 1. The number of thiocarbonyl (C=S) groups is 1. The van der Waals surface area contributed by atoms with Crippen molar-refractivity contribution in [1.82, 2.24) is 9.47 Å². The Morgan fingerprint density at radius 2 is 1.85 bits per heavy atom. The molecule has 40 heavy (non-hydrogen) atoms. The lowest BCUT2D eigenvalue weighted by Gasteiger charge is -2.36. The number of pyridine rings is 1. The van der Waals surface area contributed by atoms with E-state index in [0.29, 0.717) is 65.4 Å². The average Bonchev–Trinajstić information content (AvgIpc) is 3.21. The van der Waals surface area contributed by atoms with Gasteiger partial charge in [0.1, 0.15) is 21.8 Å². The molecule has 0 bridgehead atoms. The van der Waals surface area contributed by atoms with E-state index in [4.69, 9.17) is 17.0 Å². The van der Waals surface area contributed by atoms with Crippen molar-refractivity contribution in [1.29, 1.82) is 5.26 Å². The van der Waals surface area contributed by atoms with Gasteiger partial charge in [-0.15, -0.1) is 0 Å². The van der Waals surface area contributed by atoms with Crippen LogP contribution in [0.2, 0.25) is 0 Å². The first-order valence-corrected chi connectivity index (χ1v) is 15.9. The number of hydrogen-bond acceptors (Lipinski definition) is 8. The minimum absolute atomic E-state index is 0.0740. The number of thioether (sulfide) groups is 1. The summed E-state index contributed by atoms with van der Waals surface area (Å²) in [5.74, 6) is -0.0282. The van der Waals surface area contributed by atoms with Crippen molar-refractivity contribution in [2.45, 2.75) is 92.0 Å². The van der Waals surface area contributed by atoms with Gasteiger partial charge in [0.2, 0.25) is 0 Å². The molecule has 1 amide bonds. The summed E-state index contributed by atoms with van der Waals surface area (Å²) in [5.41, 5.74) is 0.927. The van der Waals surface area contributed by atoms with Crippen LogP contribution in [0.5, 0.6) is 0 Å². The maximum absolute atomic E-state index is 13.5. The van der Waals surface area contributed by atoms with Gasteiger partial charge in [-0.05, 0) is 51.2 Å². The highest BCUT2D eigenvalue weighted by molar-refractivity contribution is 8.26. The van der Waals surface area contributed by atoms with Crippen molar-refractivity contribution in [2.75, 3.05) is 31.1 Å². The van der Waals surface area contributed by atoms with Gasteiger partial charge < -0.3 is 9.64 Å². The van der Waals surface area contributed by atoms with E-state index in [2.05, 4.69) is 17.9 Å². The molecule has 0 aromatic carbocycles. The van der Waals surface area contributed by atoms with Gasteiger partial charge >= 0.3 is 5.97 Å². The van der Waals surface area contributed by atoms with E-state index in [1.54, 1.807) is 29.4 Å². The number of nitriles is 1. The first kappa shape index (κ1) is 31.9. The van der Waals surface area contributed by atoms with Crippen molar-refractivity contribution in [3.05, 3.63) is 31.9 Å². The number of carbonyl (C=O) groups excluding carboxylic acids is 2. The predicted octanol–water partition coefficient (Wildman–Crippen LogP) is 5.78. The molecule has 2 saturated heterocycles. The average molecular weight is 587 g/mol. The van der Waals surface area contributed by atoms with Gasteiger partial charge in [-0.3, -0.25) is 23.9 Å². The maximum atomic E-state index is 13.5. The largest absolute Gasteiger partial charge is 0.466 e. The Morgan fingerprint density at radius 1 is 1.12 bits per heavy atom. The summed E-state index contributed by atoms with van der Waals surface area (Å²) in [4.78, 5) is 43.8. The van der Waals surface area contributed by atoms with Crippen LogP contribution in [-0.2, 0) is 20.9 Å². The van der Waals surface area contributed by atoms with Crippen LogP contribution in [0.4, 0.5) is 5.82 Å². The Balaban J connectivity index is 2.01. The molecule has 1 aromatic rings. The van der Waals surface area contributed by atoms with E-state index in [-0.39, 0.29) is 28.9 Å². The van der Waals surface area contributed by atoms with Gasteiger partial charge in [-0.2, -0.15) is 5.26 Å². The molecular weight excluding hydrogens is 544 g/mol. The van der Waals surface area contributed by atoms with Crippen LogP contribution in [0.25, 0.3) is 6.08 Å². The number of ether oxygens (including phenoxy) is 1. The number of esters is 1. The summed E-state index contributed by atoms with van der Waals surface area (Å²) in [6, 6.07) is 2.10. The number of rotatable bonds is 13. The Labute approximate surface area is 247 Å². The van der Waals surface area contributed by atoms with Crippen molar-refractivity contribution < 1.29 is 14.3 Å². The number of piperidine rings is 1. The molecule has 1 unspecified atom stereocenters. The second-order valence-electron chi connectivity index (χ2n) is 10.4. The normalized spacial score (nSPS) is 18.5. The molecule has 10 heteroatoms. The molecule has 3 heterocycles. The van der Waals surface area contributed by atoms with E-state index in [1.165, 1.54) is 31.0 Å². The minimum atomic E-state index is -0.345. The van der Waals surface area contributed by atoms with Crippen LogP contribution >= 0.6 is 24.0 Å². The zero-order valence-electron chi connectivity index (χ0n) is 24.3. The van der Waals surface area contributed by atoms with Crippen LogP contribution in [-0.4, -0.2) is 51.9 Å². The van der Waals surface area contributed by atoms with Crippen molar-refractivity contribution in [3.63, 3.8) is 0 Å². The Kier molecular flexibility index (Phi) is 12.3. The Morgan fingerprint density at radius 3 is 2.52 bits per heavy atom. The highest BCUT2D eigenvalue weighted by Crippen LogP contribution is 2.37. The molecule has 3 rings (SSSR count). The first-order chi connectivity index (χ1) is 19.3. The molecule has 0 saturated carbocycles. The predicted molar refractivity (Wildman–Crippen MR) is 165 cm³/mol. The van der Waals surface area contributed by atoms with Gasteiger partial charge in [0, 0.05) is 31.7 Å². The maximum Gasteiger partial charge on any atom is 0.310 e. The lowest BCUT2D eigenvalue weighted by Crippen LogP contribution is -2.43. The molecule has 0 spiro atoms. The van der Waals surface area contributed by atoms with E-state index < -0.39 is 0 Å². The molecule has 0 aliphatic carbocycles. The summed E-state index contributed by atoms with van der Waals surface area (Å²) >= 11 is 6.85. The Hall–Kier alpha value is -2.64. The van der Waals surface area contributed by atoms with E-state index in [1.807, 2.05) is 6.92 Å². The van der Waals surface area contributed by atoms with Crippen molar-refractivity contribution >= 4 is 52.1 Å². The third-order valence-electron chi connectivity index (χ3n) is 7.52. The standard InChI is InChI=1S/C30H42N4O4S2/c1-5-8-9-10-11-12-17-34-28(36)25(40-30(34)39)18-23-21(4)24(19-31)27(35)33(15-6-2)26(23)32-16-13-14-22(20-32)29(37)38-7-3/h18,22H,5-17,20H2,1-4H3.